The second-order valence-electron chi connectivity index (χ2n) is 4.86. The van der Waals surface area contributed by atoms with Crippen LogP contribution in [0.4, 0.5) is 0 Å². The molecule has 0 bridgehead atoms. The molecule has 0 spiro atoms. The number of rotatable bonds is 4. The predicted octanol–water partition coefficient (Wildman–Crippen LogP) is 2.90. The van der Waals surface area contributed by atoms with Crippen LogP contribution in [0.25, 0.3) is 0 Å². The van der Waals surface area contributed by atoms with Crippen LogP contribution >= 0.6 is 23.8 Å². The van der Waals surface area contributed by atoms with Gasteiger partial charge < -0.3 is 15.5 Å². The lowest BCUT2D eigenvalue weighted by Gasteiger charge is -2.30. The van der Waals surface area contributed by atoms with Crippen molar-refractivity contribution >= 4 is 34.7 Å². The highest BCUT2D eigenvalue weighted by molar-refractivity contribution is 7.80. The summed E-state index contributed by atoms with van der Waals surface area (Å²) in [7, 11) is 0. The minimum atomic E-state index is -0.290. The van der Waals surface area contributed by atoms with E-state index < -0.39 is 0 Å². The molecule has 1 unspecified atom stereocenters. The first-order chi connectivity index (χ1) is 9.09. The van der Waals surface area contributed by atoms with E-state index in [4.69, 9.17) is 34.0 Å². The molecular formula is C13H17ClN2O2S. The fourth-order valence-electron chi connectivity index (χ4n) is 2.56. The monoisotopic (exact) mass is 300 g/mol. The van der Waals surface area contributed by atoms with Gasteiger partial charge in [-0.1, -0.05) is 31.5 Å². The van der Waals surface area contributed by atoms with Crippen LogP contribution in [0, 0.1) is 5.92 Å². The summed E-state index contributed by atoms with van der Waals surface area (Å²) in [5, 5.41) is 2.97. The molecule has 1 aromatic rings. The normalized spacial score (nSPS) is 17.9. The third-order valence-electron chi connectivity index (χ3n) is 3.58. The topological polar surface area (TPSA) is 68.3 Å². The van der Waals surface area contributed by atoms with Crippen LogP contribution in [0.2, 0.25) is 5.22 Å². The first kappa shape index (κ1) is 14.3. The zero-order valence-electron chi connectivity index (χ0n) is 10.5. The Bertz CT molecular complexity index is 469. The zero-order chi connectivity index (χ0) is 13.8. The summed E-state index contributed by atoms with van der Waals surface area (Å²) < 4.78 is 4.91. The van der Waals surface area contributed by atoms with Crippen LogP contribution in [0.5, 0.6) is 0 Å². The van der Waals surface area contributed by atoms with E-state index in [0.717, 1.165) is 25.7 Å². The van der Waals surface area contributed by atoms with E-state index in [9.17, 15) is 4.79 Å². The standard InChI is InChI=1S/C13H17ClN2O2S/c14-11-9(6-7-18-11)13(17)16-10(12(15)19)8-4-2-1-3-5-8/h6-8,10H,1-5H2,(H2,15,19)(H,16,17). The molecule has 1 saturated carbocycles. The number of carbonyl (C=O) groups excluding carboxylic acids is 1. The lowest BCUT2D eigenvalue weighted by atomic mass is 9.83. The molecule has 0 saturated heterocycles. The number of nitrogens with one attached hydrogen (secondary N) is 1. The molecule has 19 heavy (non-hydrogen) atoms. The van der Waals surface area contributed by atoms with E-state index in [1.807, 2.05) is 0 Å². The van der Waals surface area contributed by atoms with Crippen LogP contribution in [0.15, 0.2) is 16.7 Å². The Balaban J connectivity index is 2.06. The van der Waals surface area contributed by atoms with Gasteiger partial charge in [-0.05, 0) is 36.4 Å². The lowest BCUT2D eigenvalue weighted by Crippen LogP contribution is -2.48. The molecule has 1 aliphatic carbocycles. The Labute approximate surface area is 122 Å². The van der Waals surface area contributed by atoms with Crippen LogP contribution in [-0.2, 0) is 0 Å². The minimum absolute atomic E-state index is 0.0860. The van der Waals surface area contributed by atoms with E-state index in [2.05, 4.69) is 5.32 Å². The average Bonchev–Trinajstić information content (AvgIpc) is 2.82. The first-order valence-electron chi connectivity index (χ1n) is 6.42. The van der Waals surface area contributed by atoms with E-state index in [1.54, 1.807) is 0 Å². The number of furan rings is 1. The fraction of sp³-hybridized carbons (Fsp3) is 0.538. The van der Waals surface area contributed by atoms with Gasteiger partial charge in [0.15, 0.2) is 0 Å². The molecule has 3 N–H and O–H groups in total. The summed E-state index contributed by atoms with van der Waals surface area (Å²) in [6.45, 7) is 0. The maximum absolute atomic E-state index is 12.1. The second-order valence-corrected chi connectivity index (χ2v) is 5.67. The van der Waals surface area contributed by atoms with Gasteiger partial charge in [-0.2, -0.15) is 0 Å². The Morgan fingerprint density at radius 3 is 2.68 bits per heavy atom. The molecule has 0 aromatic carbocycles. The SMILES string of the molecule is NC(=S)C(NC(=O)c1ccoc1Cl)C1CCCCC1. The Morgan fingerprint density at radius 2 is 2.16 bits per heavy atom. The fourth-order valence-corrected chi connectivity index (χ4v) is 3.02. The van der Waals surface area contributed by atoms with E-state index in [1.165, 1.54) is 18.8 Å². The Kier molecular flexibility index (Phi) is 4.82. The maximum atomic E-state index is 12.1. The number of carbonyl (C=O) groups is 1. The van der Waals surface area contributed by atoms with Gasteiger partial charge in [0, 0.05) is 0 Å². The van der Waals surface area contributed by atoms with Crippen LogP contribution in [0.1, 0.15) is 42.5 Å². The molecule has 1 aliphatic rings. The molecule has 1 aromatic heterocycles. The molecule has 2 rings (SSSR count). The van der Waals surface area contributed by atoms with E-state index >= 15 is 0 Å². The van der Waals surface area contributed by atoms with Crippen molar-refractivity contribution in [3.05, 3.63) is 23.1 Å². The van der Waals surface area contributed by atoms with Gasteiger partial charge in [0.25, 0.3) is 5.91 Å². The number of hydrogen-bond donors (Lipinski definition) is 2. The number of halogens is 1. The number of nitrogens with two attached hydrogens (primary N) is 1. The first-order valence-corrected chi connectivity index (χ1v) is 7.21. The maximum Gasteiger partial charge on any atom is 0.256 e. The second kappa shape index (κ2) is 6.39. The molecule has 4 nitrogen and oxygen atoms in total. The Morgan fingerprint density at radius 1 is 1.47 bits per heavy atom. The molecular weight excluding hydrogens is 284 g/mol. The smallest absolute Gasteiger partial charge is 0.256 e. The highest BCUT2D eigenvalue weighted by atomic mass is 35.5. The molecule has 1 amide bonds. The Hall–Kier alpha value is -1.07. The number of amides is 1. The highest BCUT2D eigenvalue weighted by Crippen LogP contribution is 2.27. The quantitative estimate of drug-likeness (QED) is 0.839. The highest BCUT2D eigenvalue weighted by Gasteiger charge is 2.28. The predicted molar refractivity (Wildman–Crippen MR) is 78.3 cm³/mol. The van der Waals surface area contributed by atoms with Gasteiger partial charge in [-0.3, -0.25) is 4.79 Å². The van der Waals surface area contributed by atoms with Crippen molar-refractivity contribution < 1.29 is 9.21 Å². The van der Waals surface area contributed by atoms with Crippen LogP contribution in [0.3, 0.4) is 0 Å². The summed E-state index contributed by atoms with van der Waals surface area (Å²) in [5.74, 6) is 0.0306. The molecule has 104 valence electrons. The number of hydrogen-bond acceptors (Lipinski definition) is 3. The lowest BCUT2D eigenvalue weighted by molar-refractivity contribution is 0.0931. The third kappa shape index (κ3) is 3.48. The molecule has 0 radical (unpaired) electrons. The minimum Gasteiger partial charge on any atom is -0.452 e. The molecule has 1 heterocycles. The van der Waals surface area contributed by atoms with Crippen molar-refractivity contribution in [1.82, 2.24) is 5.32 Å². The number of thiocarbonyl (C=S) groups is 1. The summed E-state index contributed by atoms with van der Waals surface area (Å²) in [6.07, 6.45) is 7.02. The molecule has 6 heteroatoms. The summed E-state index contributed by atoms with van der Waals surface area (Å²) in [6, 6.07) is 1.27. The average molecular weight is 301 g/mol. The molecule has 1 fully saturated rings. The van der Waals surface area contributed by atoms with E-state index in [-0.39, 0.29) is 17.2 Å². The van der Waals surface area contributed by atoms with Crippen LogP contribution in [-0.4, -0.2) is 16.9 Å². The van der Waals surface area contributed by atoms with Gasteiger partial charge in [0.2, 0.25) is 5.22 Å². The van der Waals surface area contributed by atoms with Gasteiger partial charge in [-0.25, -0.2) is 0 Å². The van der Waals surface area contributed by atoms with Gasteiger partial charge >= 0.3 is 0 Å². The summed E-state index contributed by atoms with van der Waals surface area (Å²) in [5.41, 5.74) is 6.09. The summed E-state index contributed by atoms with van der Waals surface area (Å²) >= 11 is 10.9. The zero-order valence-corrected chi connectivity index (χ0v) is 12.1. The summed E-state index contributed by atoms with van der Waals surface area (Å²) in [4.78, 5) is 12.4. The largest absolute Gasteiger partial charge is 0.452 e. The van der Waals surface area contributed by atoms with Gasteiger partial charge in [0.1, 0.15) is 0 Å². The molecule has 0 aliphatic heterocycles. The van der Waals surface area contributed by atoms with Crippen molar-refractivity contribution in [1.29, 1.82) is 0 Å². The van der Waals surface area contributed by atoms with Crippen molar-refractivity contribution in [2.75, 3.05) is 0 Å². The van der Waals surface area contributed by atoms with Gasteiger partial charge in [-0.15, -0.1) is 0 Å². The van der Waals surface area contributed by atoms with E-state index in [0.29, 0.717) is 16.5 Å². The van der Waals surface area contributed by atoms with Crippen molar-refractivity contribution in [2.24, 2.45) is 11.7 Å². The van der Waals surface area contributed by atoms with Crippen LogP contribution < -0.4 is 11.1 Å². The van der Waals surface area contributed by atoms with Gasteiger partial charge in [0.05, 0.1) is 22.9 Å². The van der Waals surface area contributed by atoms with Crippen molar-refractivity contribution in [3.8, 4) is 0 Å². The van der Waals surface area contributed by atoms with Crippen molar-refractivity contribution in [3.63, 3.8) is 0 Å². The molecule has 1 atom stereocenters. The third-order valence-corrected chi connectivity index (χ3v) is 4.12. The van der Waals surface area contributed by atoms with Crippen molar-refractivity contribution in [2.45, 2.75) is 38.1 Å².